The van der Waals surface area contributed by atoms with E-state index < -0.39 is 52.2 Å². The van der Waals surface area contributed by atoms with E-state index in [0.29, 0.717) is 16.6 Å². The summed E-state index contributed by atoms with van der Waals surface area (Å²) in [5, 5.41) is 13.0. The molecule has 290 valence electrons. The van der Waals surface area contributed by atoms with Gasteiger partial charge >= 0.3 is 18.2 Å². The zero-order valence-corrected chi connectivity index (χ0v) is 32.3. The number of carbonyl (C=O) groups is 3. The Hall–Kier alpha value is -5.70. The molecule has 0 radical (unpaired) electrons. The number of hydrogen-bond acceptors (Lipinski definition) is 9. The number of imidazole rings is 1. The van der Waals surface area contributed by atoms with Crippen molar-refractivity contribution in [3.8, 4) is 0 Å². The summed E-state index contributed by atoms with van der Waals surface area (Å²) >= 11 is 6.27. The second-order valence-corrected chi connectivity index (χ2v) is 15.8. The molecule has 2 unspecified atom stereocenters. The average molecular weight is 777 g/mol. The molecule has 0 spiro atoms. The molecule has 1 fully saturated rings. The Labute approximate surface area is 320 Å². The first kappa shape index (κ1) is 39.0. The summed E-state index contributed by atoms with van der Waals surface area (Å²) in [5.74, 6) is -1.17. The Kier molecular flexibility index (Phi) is 10.5. The zero-order valence-electron chi connectivity index (χ0n) is 31.5. The lowest BCUT2D eigenvalue weighted by atomic mass is 10.00. The molecule has 14 nitrogen and oxygen atoms in total. The topological polar surface area (TPSA) is 152 Å². The van der Waals surface area contributed by atoms with Crippen LogP contribution in [0.5, 0.6) is 0 Å². The molecule has 1 aliphatic rings. The van der Waals surface area contributed by atoms with Crippen molar-refractivity contribution >= 4 is 63.1 Å². The highest BCUT2D eigenvalue weighted by molar-refractivity contribution is 6.31. The number of nitro groups is 1. The van der Waals surface area contributed by atoms with Crippen LogP contribution >= 0.6 is 11.6 Å². The van der Waals surface area contributed by atoms with Gasteiger partial charge in [0.15, 0.2) is 0 Å². The molecule has 1 aliphatic heterocycles. The van der Waals surface area contributed by atoms with E-state index in [9.17, 15) is 24.5 Å². The van der Waals surface area contributed by atoms with Gasteiger partial charge in [0.1, 0.15) is 28.8 Å². The minimum atomic E-state index is -0.948. The largest absolute Gasteiger partial charge is 0.458 e. The first-order valence-electron chi connectivity index (χ1n) is 17.7. The summed E-state index contributed by atoms with van der Waals surface area (Å²) in [4.78, 5) is 57.0. The molecule has 16 heteroatoms. The van der Waals surface area contributed by atoms with E-state index in [1.807, 2.05) is 6.07 Å². The second kappa shape index (κ2) is 14.9. The predicted molar refractivity (Wildman–Crippen MR) is 204 cm³/mol. The summed E-state index contributed by atoms with van der Waals surface area (Å²) in [6.45, 7) is 12.1. The number of rotatable bonds is 6. The number of halogens is 2. The summed E-state index contributed by atoms with van der Waals surface area (Å²) in [5.41, 5.74) is 0.720. The number of amides is 1. The first-order valence-corrected chi connectivity index (χ1v) is 18.0. The molecular weight excluding hydrogens is 735 g/mol. The number of hydrogen-bond donors (Lipinski definition) is 0. The number of piperidine rings is 1. The fraction of sp³-hybridized carbons (Fsp3) is 0.385. The predicted octanol–water partition coefficient (Wildman–Crippen LogP) is 8.15. The number of fused-ring (bicyclic) bond motifs is 2. The molecule has 0 N–H and O–H groups in total. The molecule has 1 amide bonds. The van der Waals surface area contributed by atoms with Crippen LogP contribution in [0.1, 0.15) is 66.5 Å². The van der Waals surface area contributed by atoms with Crippen molar-refractivity contribution in [3.63, 3.8) is 0 Å². The van der Waals surface area contributed by atoms with E-state index in [1.165, 1.54) is 41.8 Å². The molecule has 6 rings (SSSR count). The van der Waals surface area contributed by atoms with Gasteiger partial charge in [0.05, 0.1) is 40.6 Å². The SMILES string of the molecule is CC(=O)OC1CN(c2cc(Cl)ccc2[N+](=O)[O-])CCC1n1/c(=N\C(=O)OC(C)(C)C)n(Cc2cccc3c2ccn3C(=O)OC(C)(C)C)c2ccc(F)cc21. The van der Waals surface area contributed by atoms with Gasteiger partial charge in [-0.05, 0) is 96.0 Å². The number of nitro benzene ring substituents is 1. The Morgan fingerprint density at radius 1 is 0.964 bits per heavy atom. The van der Waals surface area contributed by atoms with Gasteiger partial charge in [0.25, 0.3) is 5.69 Å². The molecule has 2 atom stereocenters. The standard InChI is InChI=1S/C39H42ClFN6O8/c1-23(48)53-34-22-43(32-19-25(40)11-13-30(32)47(51)52)17-16-31(34)46-33-20-26(41)12-14-29(33)45(35(46)42-36(49)54-38(2,3)4)21-24-9-8-10-28-27(24)15-18-44(28)37(50)55-39(5,6)7/h8-15,18-20,31,34H,16-17,21-22H2,1-7H3/b42-35-. The molecule has 3 aromatic carbocycles. The summed E-state index contributed by atoms with van der Waals surface area (Å²) in [7, 11) is 0. The Balaban J connectivity index is 1.54. The van der Waals surface area contributed by atoms with Crippen molar-refractivity contribution in [3.05, 3.63) is 99.0 Å². The van der Waals surface area contributed by atoms with Gasteiger partial charge in [0.2, 0.25) is 5.62 Å². The number of aromatic nitrogens is 3. The van der Waals surface area contributed by atoms with E-state index >= 15 is 4.39 Å². The smallest absolute Gasteiger partial charge is 0.437 e. The molecule has 0 saturated carbocycles. The van der Waals surface area contributed by atoms with Crippen LogP contribution in [0, 0.1) is 15.9 Å². The molecular formula is C39H42ClFN6O8. The van der Waals surface area contributed by atoms with Gasteiger partial charge in [-0.25, -0.2) is 14.0 Å². The maximum absolute atomic E-state index is 15.2. The van der Waals surface area contributed by atoms with Gasteiger partial charge in [-0.1, -0.05) is 23.7 Å². The number of benzene rings is 3. The van der Waals surface area contributed by atoms with Gasteiger partial charge < -0.3 is 28.2 Å². The van der Waals surface area contributed by atoms with Crippen LogP contribution in [-0.4, -0.2) is 67.2 Å². The lowest BCUT2D eigenvalue weighted by Gasteiger charge is -2.39. The Morgan fingerprint density at radius 2 is 1.69 bits per heavy atom. The number of esters is 1. The van der Waals surface area contributed by atoms with Gasteiger partial charge in [-0.15, -0.1) is 4.99 Å². The summed E-state index contributed by atoms with van der Waals surface area (Å²) < 4.78 is 37.2. The third-order valence-electron chi connectivity index (χ3n) is 8.92. The molecule has 5 aromatic rings. The maximum atomic E-state index is 15.2. The van der Waals surface area contributed by atoms with Crippen molar-refractivity contribution in [2.75, 3.05) is 18.0 Å². The maximum Gasteiger partial charge on any atom is 0.437 e. The quantitative estimate of drug-likeness (QED) is 0.0720. The normalized spacial score (nSPS) is 16.7. The van der Waals surface area contributed by atoms with Crippen LogP contribution in [0.2, 0.25) is 5.02 Å². The van der Waals surface area contributed by atoms with Crippen molar-refractivity contribution in [2.45, 2.75) is 84.8 Å². The van der Waals surface area contributed by atoms with E-state index in [2.05, 4.69) is 4.99 Å². The summed E-state index contributed by atoms with van der Waals surface area (Å²) in [6, 6.07) is 14.9. The van der Waals surface area contributed by atoms with Crippen molar-refractivity contribution < 1.29 is 37.9 Å². The monoisotopic (exact) mass is 776 g/mol. The van der Waals surface area contributed by atoms with E-state index in [0.717, 1.165) is 10.9 Å². The highest BCUT2D eigenvalue weighted by atomic mass is 35.5. The van der Waals surface area contributed by atoms with Crippen molar-refractivity contribution in [2.24, 2.45) is 4.99 Å². The number of carbonyl (C=O) groups excluding carboxylic acids is 3. The van der Waals surface area contributed by atoms with E-state index in [4.69, 9.17) is 25.8 Å². The van der Waals surface area contributed by atoms with Gasteiger partial charge in [-0.3, -0.25) is 19.5 Å². The minimum Gasteiger partial charge on any atom is -0.458 e. The molecule has 3 heterocycles. The zero-order chi connectivity index (χ0) is 40.0. The third-order valence-corrected chi connectivity index (χ3v) is 9.15. The fourth-order valence-electron chi connectivity index (χ4n) is 6.89. The lowest BCUT2D eigenvalue weighted by Crippen LogP contribution is -2.49. The van der Waals surface area contributed by atoms with Crippen LogP contribution in [0.4, 0.5) is 25.4 Å². The molecule has 2 aromatic heterocycles. The number of anilines is 1. The average Bonchev–Trinajstić information content (AvgIpc) is 3.62. The minimum absolute atomic E-state index is 0.00375. The van der Waals surface area contributed by atoms with Gasteiger partial charge in [-0.2, -0.15) is 0 Å². The van der Waals surface area contributed by atoms with Crippen molar-refractivity contribution in [1.82, 2.24) is 13.7 Å². The first-order chi connectivity index (χ1) is 25.8. The molecule has 1 saturated heterocycles. The second-order valence-electron chi connectivity index (χ2n) is 15.3. The molecule has 0 bridgehead atoms. The van der Waals surface area contributed by atoms with E-state index in [1.54, 1.807) is 86.0 Å². The number of ether oxygens (including phenoxy) is 3. The van der Waals surface area contributed by atoms with Gasteiger partial charge in [0, 0.05) is 36.1 Å². The Bertz CT molecular complexity index is 2400. The fourth-order valence-corrected chi connectivity index (χ4v) is 7.05. The van der Waals surface area contributed by atoms with E-state index in [-0.39, 0.29) is 48.1 Å². The number of nitrogens with zero attached hydrogens (tertiary/aromatic N) is 6. The van der Waals surface area contributed by atoms with Crippen LogP contribution in [0.3, 0.4) is 0 Å². The van der Waals surface area contributed by atoms with Crippen molar-refractivity contribution in [1.29, 1.82) is 0 Å². The van der Waals surface area contributed by atoms with Crippen LogP contribution in [0.15, 0.2) is 71.9 Å². The van der Waals surface area contributed by atoms with Crippen LogP contribution in [0.25, 0.3) is 21.9 Å². The summed E-state index contributed by atoms with van der Waals surface area (Å²) in [6.07, 6.45) is -0.551. The molecule has 55 heavy (non-hydrogen) atoms. The van der Waals surface area contributed by atoms with Crippen LogP contribution < -0.4 is 10.5 Å². The molecule has 0 aliphatic carbocycles. The Morgan fingerprint density at radius 3 is 2.36 bits per heavy atom. The third kappa shape index (κ3) is 8.51. The van der Waals surface area contributed by atoms with Crippen LogP contribution in [-0.2, 0) is 25.5 Å². The lowest BCUT2D eigenvalue weighted by molar-refractivity contribution is -0.384. The highest BCUT2D eigenvalue weighted by Crippen LogP contribution is 2.37. The highest BCUT2D eigenvalue weighted by Gasteiger charge is 2.37.